The molecule has 2 rings (SSSR count). The van der Waals surface area contributed by atoms with Gasteiger partial charge in [-0.2, -0.15) is 0 Å². The fourth-order valence-corrected chi connectivity index (χ4v) is 2.40. The molecule has 0 aliphatic carbocycles. The van der Waals surface area contributed by atoms with E-state index in [0.717, 1.165) is 11.1 Å². The zero-order valence-corrected chi connectivity index (χ0v) is 17.4. The maximum absolute atomic E-state index is 11.0. The maximum Gasteiger partial charge on any atom is 0.412 e. The van der Waals surface area contributed by atoms with Gasteiger partial charge in [0.05, 0.1) is 0 Å². The number of amides is 2. The summed E-state index contributed by atoms with van der Waals surface area (Å²) in [4.78, 5) is 22.0. The molecule has 6 nitrogen and oxygen atoms in total. The van der Waals surface area contributed by atoms with Gasteiger partial charge in [0, 0.05) is 14.1 Å². The largest absolute Gasteiger partial charge is 0.412 e. The molecule has 2 amide bonds. The molecule has 2 aromatic carbocycles. The van der Waals surface area contributed by atoms with Crippen LogP contribution in [0.5, 0.6) is 11.5 Å². The molecule has 0 saturated carbocycles. The number of benzene rings is 2. The van der Waals surface area contributed by atoms with Crippen molar-refractivity contribution in [2.24, 2.45) is 0 Å². The van der Waals surface area contributed by atoms with E-state index in [1.54, 1.807) is 26.2 Å². The predicted molar refractivity (Wildman–Crippen MR) is 111 cm³/mol. The molecule has 2 aromatic rings. The van der Waals surface area contributed by atoms with Crippen LogP contribution in [-0.2, 0) is 0 Å². The number of ether oxygens (including phenoxy) is 2. The molecule has 0 atom stereocenters. The molecule has 0 radical (unpaired) electrons. The van der Waals surface area contributed by atoms with Crippen LogP contribution in [0.3, 0.4) is 0 Å². The molecular weight excluding hydrogens is 356 g/mol. The molecule has 0 saturated heterocycles. The van der Waals surface area contributed by atoms with Crippen LogP contribution in [-0.4, -0.2) is 26.3 Å². The number of para-hydroxylation sites is 2. The lowest BCUT2D eigenvalue weighted by molar-refractivity contribution is 0.201. The summed E-state index contributed by atoms with van der Waals surface area (Å²) in [7, 11) is 3.08. The highest BCUT2D eigenvalue weighted by Gasteiger charge is 2.10. The van der Waals surface area contributed by atoms with Crippen molar-refractivity contribution in [3.8, 4) is 11.5 Å². The first kappa shape index (κ1) is 23.0. The second-order valence-corrected chi connectivity index (χ2v) is 6.66. The Hall–Kier alpha value is -3.02. The lowest BCUT2D eigenvalue weighted by Crippen LogP contribution is -2.22. The van der Waals surface area contributed by atoms with Gasteiger partial charge in [-0.25, -0.2) is 9.59 Å². The van der Waals surface area contributed by atoms with E-state index in [2.05, 4.69) is 38.3 Å². The first-order valence-corrected chi connectivity index (χ1v) is 9.27. The summed E-state index contributed by atoms with van der Waals surface area (Å²) >= 11 is 0. The molecule has 2 N–H and O–H groups in total. The van der Waals surface area contributed by atoms with Crippen LogP contribution >= 0.6 is 0 Å². The molecule has 152 valence electrons. The van der Waals surface area contributed by atoms with E-state index >= 15 is 0 Å². The van der Waals surface area contributed by atoms with E-state index in [9.17, 15) is 9.59 Å². The summed E-state index contributed by atoms with van der Waals surface area (Å²) in [6, 6.07) is 15.1. The summed E-state index contributed by atoms with van der Waals surface area (Å²) in [5, 5.41) is 4.84. The molecule has 0 fully saturated rings. The van der Waals surface area contributed by atoms with E-state index in [-0.39, 0.29) is 0 Å². The average Bonchev–Trinajstić information content (AvgIpc) is 2.68. The zero-order valence-electron chi connectivity index (χ0n) is 17.4. The third-order valence-corrected chi connectivity index (χ3v) is 3.90. The number of nitrogens with one attached hydrogen (secondary N) is 2. The average molecular weight is 386 g/mol. The molecule has 0 aliphatic rings. The summed E-state index contributed by atoms with van der Waals surface area (Å²) in [6.07, 6.45) is -0.865. The van der Waals surface area contributed by atoms with E-state index in [0.29, 0.717) is 23.3 Å². The minimum atomic E-state index is -0.432. The third-order valence-electron chi connectivity index (χ3n) is 3.90. The summed E-state index contributed by atoms with van der Waals surface area (Å²) in [5.74, 6) is 1.94. The Morgan fingerprint density at radius 1 is 0.679 bits per heavy atom. The minimum absolute atomic E-state index is 0.343. The summed E-state index contributed by atoms with van der Waals surface area (Å²) < 4.78 is 10.2. The second kappa shape index (κ2) is 11.6. The summed E-state index contributed by atoms with van der Waals surface area (Å²) in [6.45, 7) is 8.25. The highest BCUT2D eigenvalue weighted by Crippen LogP contribution is 2.26. The Bertz CT molecular complexity index is 707. The Kier molecular flexibility index (Phi) is 9.57. The van der Waals surface area contributed by atoms with Crippen LogP contribution in [0.25, 0.3) is 0 Å². The van der Waals surface area contributed by atoms with Gasteiger partial charge in [-0.15, -0.1) is 0 Å². The van der Waals surface area contributed by atoms with Crippen LogP contribution in [0.4, 0.5) is 9.59 Å². The van der Waals surface area contributed by atoms with Crippen molar-refractivity contribution < 1.29 is 19.1 Å². The number of rotatable bonds is 4. The molecule has 0 spiro atoms. The Balaban J connectivity index is 0.000000280. The Morgan fingerprint density at radius 3 is 1.29 bits per heavy atom. The first-order valence-electron chi connectivity index (χ1n) is 9.27. The van der Waals surface area contributed by atoms with Crippen molar-refractivity contribution in [2.45, 2.75) is 39.5 Å². The molecule has 0 bridgehead atoms. The summed E-state index contributed by atoms with van der Waals surface area (Å²) in [5.41, 5.74) is 2.08. The smallest absolute Gasteiger partial charge is 0.410 e. The lowest BCUT2D eigenvalue weighted by atomic mass is 10.0. The fraction of sp³-hybridized carbons (Fsp3) is 0.364. The number of carbonyl (C=O) groups excluding carboxylic acids is 2. The first-order chi connectivity index (χ1) is 13.3. The van der Waals surface area contributed by atoms with Crippen molar-refractivity contribution in [2.75, 3.05) is 14.1 Å². The van der Waals surface area contributed by atoms with Crippen molar-refractivity contribution in [3.63, 3.8) is 0 Å². The van der Waals surface area contributed by atoms with Crippen LogP contribution in [0.1, 0.15) is 50.7 Å². The van der Waals surface area contributed by atoms with E-state index in [1.165, 1.54) is 0 Å². The third kappa shape index (κ3) is 7.31. The van der Waals surface area contributed by atoms with Gasteiger partial charge in [-0.3, -0.25) is 0 Å². The van der Waals surface area contributed by atoms with E-state index < -0.39 is 12.2 Å². The van der Waals surface area contributed by atoms with Crippen molar-refractivity contribution in [3.05, 3.63) is 59.7 Å². The quantitative estimate of drug-likeness (QED) is 0.770. The Labute approximate surface area is 167 Å². The standard InChI is InChI=1S/2C11H15NO2/c2*1-8(2)9-6-4-5-7-10(9)14-11(13)12-3/h2*4-8H,1-3H3,(H,12,13). The van der Waals surface area contributed by atoms with Crippen molar-refractivity contribution in [1.82, 2.24) is 10.6 Å². The number of hydrogen-bond acceptors (Lipinski definition) is 4. The van der Waals surface area contributed by atoms with Gasteiger partial charge >= 0.3 is 12.2 Å². The molecule has 0 heterocycles. The highest BCUT2D eigenvalue weighted by molar-refractivity contribution is 5.71. The fourth-order valence-electron chi connectivity index (χ4n) is 2.40. The maximum atomic E-state index is 11.0. The van der Waals surface area contributed by atoms with Gasteiger partial charge in [0.2, 0.25) is 0 Å². The van der Waals surface area contributed by atoms with Crippen molar-refractivity contribution >= 4 is 12.2 Å². The second-order valence-electron chi connectivity index (χ2n) is 6.66. The Morgan fingerprint density at radius 2 is 1.00 bits per heavy atom. The molecule has 6 heteroatoms. The SMILES string of the molecule is CNC(=O)Oc1ccccc1C(C)C.CNC(=O)Oc1ccccc1C(C)C. The van der Waals surface area contributed by atoms with Crippen LogP contribution in [0.2, 0.25) is 0 Å². The lowest BCUT2D eigenvalue weighted by Gasteiger charge is -2.11. The predicted octanol–water partition coefficient (Wildman–Crippen LogP) is 5.06. The molecule has 0 aliphatic heterocycles. The van der Waals surface area contributed by atoms with E-state index in [1.807, 2.05) is 36.4 Å². The minimum Gasteiger partial charge on any atom is -0.410 e. The number of carbonyl (C=O) groups is 2. The van der Waals surface area contributed by atoms with E-state index in [4.69, 9.17) is 9.47 Å². The van der Waals surface area contributed by atoms with Gasteiger partial charge in [0.1, 0.15) is 11.5 Å². The molecule has 28 heavy (non-hydrogen) atoms. The van der Waals surface area contributed by atoms with Crippen LogP contribution < -0.4 is 20.1 Å². The van der Waals surface area contributed by atoms with Gasteiger partial charge < -0.3 is 20.1 Å². The van der Waals surface area contributed by atoms with Crippen LogP contribution in [0, 0.1) is 0 Å². The zero-order chi connectivity index (χ0) is 21.1. The molecule has 0 aromatic heterocycles. The molecular formula is C22H30N2O4. The number of hydrogen-bond donors (Lipinski definition) is 2. The highest BCUT2D eigenvalue weighted by atomic mass is 16.6. The van der Waals surface area contributed by atoms with Gasteiger partial charge in [-0.05, 0) is 35.1 Å². The normalized spacial score (nSPS) is 10.0. The van der Waals surface area contributed by atoms with Gasteiger partial charge in [-0.1, -0.05) is 64.1 Å². The van der Waals surface area contributed by atoms with Gasteiger partial charge in [0.15, 0.2) is 0 Å². The van der Waals surface area contributed by atoms with Crippen LogP contribution in [0.15, 0.2) is 48.5 Å². The topological polar surface area (TPSA) is 76.7 Å². The van der Waals surface area contributed by atoms with Crippen molar-refractivity contribution in [1.29, 1.82) is 0 Å². The van der Waals surface area contributed by atoms with Gasteiger partial charge in [0.25, 0.3) is 0 Å². The molecule has 0 unspecified atom stereocenters. The monoisotopic (exact) mass is 386 g/mol.